The van der Waals surface area contributed by atoms with Gasteiger partial charge in [0.1, 0.15) is 11.5 Å². The van der Waals surface area contributed by atoms with E-state index in [0.717, 1.165) is 11.1 Å². The molecule has 0 N–H and O–H groups in total. The summed E-state index contributed by atoms with van der Waals surface area (Å²) in [5.41, 5.74) is 1.68. The van der Waals surface area contributed by atoms with Crippen LogP contribution >= 0.6 is 11.6 Å². The number of nitrogens with zero attached hydrogens (tertiary/aromatic N) is 3. The minimum Gasteiger partial charge on any atom is -0.497 e. The Balaban J connectivity index is 1.49. The first-order chi connectivity index (χ1) is 14.1. The number of likely N-dealkylation sites (tertiary alicyclic amines) is 1. The van der Waals surface area contributed by atoms with Gasteiger partial charge in [0.05, 0.1) is 20.1 Å². The van der Waals surface area contributed by atoms with E-state index in [-0.39, 0.29) is 11.8 Å². The lowest BCUT2D eigenvalue weighted by Gasteiger charge is -2.18. The van der Waals surface area contributed by atoms with Crippen molar-refractivity contribution >= 4 is 17.5 Å². The molecule has 150 valence electrons. The molecule has 2 heterocycles. The molecule has 1 atom stereocenters. The number of amides is 1. The number of methoxy groups -OCH3 is 2. The molecule has 29 heavy (non-hydrogen) atoms. The molecule has 0 radical (unpaired) electrons. The lowest BCUT2D eigenvalue weighted by molar-refractivity contribution is -0.128. The van der Waals surface area contributed by atoms with Crippen LogP contribution in [0.1, 0.15) is 23.8 Å². The van der Waals surface area contributed by atoms with E-state index < -0.39 is 0 Å². The van der Waals surface area contributed by atoms with Crippen LogP contribution in [0, 0.1) is 0 Å². The first kappa shape index (κ1) is 19.3. The van der Waals surface area contributed by atoms with E-state index in [1.807, 2.05) is 30.3 Å². The molecule has 4 rings (SSSR count). The zero-order valence-electron chi connectivity index (χ0n) is 16.1. The van der Waals surface area contributed by atoms with Crippen LogP contribution in [0.3, 0.4) is 0 Å². The van der Waals surface area contributed by atoms with E-state index in [2.05, 4.69) is 10.1 Å². The average Bonchev–Trinajstić information content (AvgIpc) is 3.36. The van der Waals surface area contributed by atoms with Crippen molar-refractivity contribution in [1.82, 2.24) is 15.0 Å². The molecule has 1 aliphatic heterocycles. The maximum absolute atomic E-state index is 12.6. The number of benzene rings is 2. The number of carbonyl (C=O) groups excluding carboxylic acids is 1. The largest absolute Gasteiger partial charge is 0.497 e. The van der Waals surface area contributed by atoms with Gasteiger partial charge < -0.3 is 18.9 Å². The summed E-state index contributed by atoms with van der Waals surface area (Å²) >= 11 is 6.03. The highest BCUT2D eigenvalue weighted by Crippen LogP contribution is 2.32. The normalized spacial score (nSPS) is 16.3. The van der Waals surface area contributed by atoms with Gasteiger partial charge in [0, 0.05) is 41.7 Å². The molecular formula is C21H20ClN3O4. The standard InChI is InChI=1S/C21H20ClN3O4/c1-27-17-7-6-14(18(10-17)28-2)11-25-12-15(9-19(25)26)21-23-20(24-29-21)13-4-3-5-16(22)8-13/h3-8,10,15H,9,11-12H2,1-2H3. The summed E-state index contributed by atoms with van der Waals surface area (Å²) in [5.74, 6) is 2.20. The number of ether oxygens (including phenoxy) is 2. The molecule has 1 aromatic heterocycles. The highest BCUT2D eigenvalue weighted by molar-refractivity contribution is 6.30. The summed E-state index contributed by atoms with van der Waals surface area (Å²) in [7, 11) is 3.20. The molecule has 1 unspecified atom stereocenters. The second-order valence-electron chi connectivity index (χ2n) is 6.82. The number of hydrogen-bond donors (Lipinski definition) is 0. The summed E-state index contributed by atoms with van der Waals surface area (Å²) in [5, 5.41) is 4.65. The Labute approximate surface area is 173 Å². The van der Waals surface area contributed by atoms with Crippen LogP contribution < -0.4 is 9.47 Å². The van der Waals surface area contributed by atoms with E-state index in [4.69, 9.17) is 25.6 Å². The maximum Gasteiger partial charge on any atom is 0.232 e. The van der Waals surface area contributed by atoms with Gasteiger partial charge in [-0.05, 0) is 24.3 Å². The van der Waals surface area contributed by atoms with Crippen molar-refractivity contribution in [3.8, 4) is 22.9 Å². The highest BCUT2D eigenvalue weighted by atomic mass is 35.5. The van der Waals surface area contributed by atoms with Crippen molar-refractivity contribution in [2.45, 2.75) is 18.9 Å². The topological polar surface area (TPSA) is 77.7 Å². The molecule has 7 nitrogen and oxygen atoms in total. The second-order valence-corrected chi connectivity index (χ2v) is 7.26. The number of carbonyl (C=O) groups is 1. The first-order valence-corrected chi connectivity index (χ1v) is 9.53. The fourth-order valence-corrected chi connectivity index (χ4v) is 3.61. The Morgan fingerprint density at radius 2 is 2.07 bits per heavy atom. The molecule has 8 heteroatoms. The third kappa shape index (κ3) is 4.05. The van der Waals surface area contributed by atoms with Crippen molar-refractivity contribution in [3.05, 3.63) is 58.9 Å². The summed E-state index contributed by atoms with van der Waals surface area (Å²) in [6, 6.07) is 12.8. The van der Waals surface area contributed by atoms with E-state index in [1.165, 1.54) is 0 Å². The van der Waals surface area contributed by atoms with Crippen molar-refractivity contribution in [2.24, 2.45) is 0 Å². The molecule has 0 aliphatic carbocycles. The molecule has 0 bridgehead atoms. The lowest BCUT2D eigenvalue weighted by Crippen LogP contribution is -2.24. The number of rotatable bonds is 6. The van der Waals surface area contributed by atoms with Crippen molar-refractivity contribution in [1.29, 1.82) is 0 Å². The van der Waals surface area contributed by atoms with E-state index >= 15 is 0 Å². The van der Waals surface area contributed by atoms with Gasteiger partial charge in [-0.2, -0.15) is 4.98 Å². The van der Waals surface area contributed by atoms with Gasteiger partial charge in [0.2, 0.25) is 17.6 Å². The molecule has 1 saturated heterocycles. The number of aromatic nitrogens is 2. The third-order valence-electron chi connectivity index (χ3n) is 4.94. The minimum atomic E-state index is -0.146. The quantitative estimate of drug-likeness (QED) is 0.609. The van der Waals surface area contributed by atoms with Crippen LogP contribution in [0.5, 0.6) is 11.5 Å². The molecular weight excluding hydrogens is 394 g/mol. The van der Waals surface area contributed by atoms with Crippen molar-refractivity contribution in [3.63, 3.8) is 0 Å². The van der Waals surface area contributed by atoms with Gasteiger partial charge in [-0.15, -0.1) is 0 Å². The maximum atomic E-state index is 12.6. The zero-order chi connectivity index (χ0) is 20.4. The van der Waals surface area contributed by atoms with E-state index in [0.29, 0.717) is 47.7 Å². The van der Waals surface area contributed by atoms with Crippen LogP contribution in [0.2, 0.25) is 5.02 Å². The van der Waals surface area contributed by atoms with Crippen molar-refractivity contribution < 1.29 is 18.8 Å². The second kappa shape index (κ2) is 8.13. The summed E-state index contributed by atoms with van der Waals surface area (Å²) in [4.78, 5) is 18.8. The number of hydrogen-bond acceptors (Lipinski definition) is 6. The molecule has 1 aliphatic rings. The summed E-state index contributed by atoms with van der Waals surface area (Å²) < 4.78 is 16.1. The summed E-state index contributed by atoms with van der Waals surface area (Å²) in [6.07, 6.45) is 0.329. The Hall–Kier alpha value is -3.06. The Morgan fingerprint density at radius 1 is 1.21 bits per heavy atom. The lowest BCUT2D eigenvalue weighted by atomic mass is 10.1. The Bertz CT molecular complexity index is 1040. The monoisotopic (exact) mass is 413 g/mol. The molecule has 2 aromatic carbocycles. The van der Waals surface area contributed by atoms with Gasteiger partial charge in [0.25, 0.3) is 0 Å². The average molecular weight is 414 g/mol. The molecule has 0 saturated carbocycles. The van der Waals surface area contributed by atoms with Crippen LogP contribution in [0.15, 0.2) is 47.0 Å². The van der Waals surface area contributed by atoms with Gasteiger partial charge in [0.15, 0.2) is 0 Å². The van der Waals surface area contributed by atoms with Crippen LogP contribution in [0.25, 0.3) is 11.4 Å². The predicted octanol–water partition coefficient (Wildman–Crippen LogP) is 3.92. The predicted molar refractivity (Wildman–Crippen MR) is 107 cm³/mol. The van der Waals surface area contributed by atoms with Crippen LogP contribution in [-0.4, -0.2) is 41.7 Å². The minimum absolute atomic E-state index is 0.0374. The molecule has 3 aromatic rings. The Morgan fingerprint density at radius 3 is 2.83 bits per heavy atom. The van der Waals surface area contributed by atoms with Gasteiger partial charge >= 0.3 is 0 Å². The molecule has 1 amide bonds. The molecule has 0 spiro atoms. The van der Waals surface area contributed by atoms with E-state index in [1.54, 1.807) is 31.3 Å². The van der Waals surface area contributed by atoms with Gasteiger partial charge in [-0.1, -0.05) is 28.9 Å². The van der Waals surface area contributed by atoms with Gasteiger partial charge in [-0.3, -0.25) is 4.79 Å². The zero-order valence-corrected chi connectivity index (χ0v) is 16.8. The third-order valence-corrected chi connectivity index (χ3v) is 5.18. The van der Waals surface area contributed by atoms with E-state index in [9.17, 15) is 4.79 Å². The van der Waals surface area contributed by atoms with Crippen molar-refractivity contribution in [2.75, 3.05) is 20.8 Å². The summed E-state index contributed by atoms with van der Waals surface area (Å²) in [6.45, 7) is 0.947. The van der Waals surface area contributed by atoms with Crippen LogP contribution in [-0.2, 0) is 11.3 Å². The first-order valence-electron chi connectivity index (χ1n) is 9.15. The fraction of sp³-hybridized carbons (Fsp3) is 0.286. The highest BCUT2D eigenvalue weighted by Gasteiger charge is 2.34. The Kier molecular flexibility index (Phi) is 5.40. The fourth-order valence-electron chi connectivity index (χ4n) is 3.42. The van der Waals surface area contributed by atoms with Crippen LogP contribution in [0.4, 0.5) is 0 Å². The number of halogens is 1. The molecule has 1 fully saturated rings. The SMILES string of the molecule is COc1ccc(CN2CC(c3nc(-c4cccc(Cl)c4)no3)CC2=O)c(OC)c1. The smallest absolute Gasteiger partial charge is 0.232 e. The van der Waals surface area contributed by atoms with Gasteiger partial charge in [-0.25, -0.2) is 0 Å².